The molecule has 0 spiro atoms. The maximum atomic E-state index is 12.1. The number of benzene rings is 1. The zero-order valence-electron chi connectivity index (χ0n) is 11.0. The van der Waals surface area contributed by atoms with Gasteiger partial charge in [-0.1, -0.05) is 29.8 Å². The van der Waals surface area contributed by atoms with Crippen LogP contribution < -0.4 is 0 Å². The quantitative estimate of drug-likeness (QED) is 0.918. The Morgan fingerprint density at radius 2 is 2.00 bits per heavy atom. The van der Waals surface area contributed by atoms with Crippen molar-refractivity contribution >= 4 is 16.1 Å². The summed E-state index contributed by atoms with van der Waals surface area (Å²) >= 11 is 0. The number of hydrogen-bond donors (Lipinski definition) is 1. The summed E-state index contributed by atoms with van der Waals surface area (Å²) in [6.07, 6.45) is 2.43. The molecular weight excluding hydrogens is 262 g/mol. The molecule has 0 bridgehead atoms. The highest BCUT2D eigenvalue weighted by atomic mass is 32.2. The first-order chi connectivity index (χ1) is 8.97. The van der Waals surface area contributed by atoms with Crippen molar-refractivity contribution < 1.29 is 13.5 Å². The van der Waals surface area contributed by atoms with E-state index in [-0.39, 0.29) is 6.54 Å². The topological polar surface area (TPSA) is 57.6 Å². The molecule has 1 fully saturated rings. The van der Waals surface area contributed by atoms with Gasteiger partial charge < -0.3 is 5.11 Å². The monoisotopic (exact) mass is 281 g/mol. The zero-order chi connectivity index (χ0) is 13.9. The van der Waals surface area contributed by atoms with Crippen LogP contribution in [0.15, 0.2) is 29.7 Å². The SMILES string of the molecule is Cc1ccc(/C=C/S(=O)(=O)N2CCCC(O)C2)cc1. The maximum Gasteiger partial charge on any atom is 0.236 e. The van der Waals surface area contributed by atoms with Gasteiger partial charge in [-0.2, -0.15) is 4.31 Å². The number of nitrogens with zero attached hydrogens (tertiary/aromatic N) is 1. The molecule has 1 saturated heterocycles. The molecule has 1 aromatic carbocycles. The number of piperidine rings is 1. The van der Waals surface area contributed by atoms with Crippen LogP contribution >= 0.6 is 0 Å². The van der Waals surface area contributed by atoms with E-state index in [1.165, 1.54) is 9.71 Å². The first kappa shape index (κ1) is 14.2. The molecule has 1 aliphatic rings. The summed E-state index contributed by atoms with van der Waals surface area (Å²) in [7, 11) is -3.43. The third-order valence-corrected chi connectivity index (χ3v) is 4.76. The Hall–Kier alpha value is -1.17. The number of rotatable bonds is 3. The number of hydrogen-bond acceptors (Lipinski definition) is 3. The van der Waals surface area contributed by atoms with Gasteiger partial charge in [0.05, 0.1) is 6.10 Å². The van der Waals surface area contributed by atoms with Gasteiger partial charge in [-0.15, -0.1) is 0 Å². The Morgan fingerprint density at radius 3 is 2.63 bits per heavy atom. The van der Waals surface area contributed by atoms with Crippen LogP contribution in [0.2, 0.25) is 0 Å². The molecule has 0 saturated carbocycles. The number of β-amino-alcohol motifs (C(OH)–C–C–N with tert-alkyl or cyclic N) is 1. The van der Waals surface area contributed by atoms with Gasteiger partial charge in [-0.25, -0.2) is 8.42 Å². The van der Waals surface area contributed by atoms with Gasteiger partial charge >= 0.3 is 0 Å². The number of aryl methyl sites for hydroxylation is 1. The fourth-order valence-corrected chi connectivity index (χ4v) is 3.34. The molecule has 5 heteroatoms. The molecule has 104 valence electrons. The van der Waals surface area contributed by atoms with Crippen LogP contribution in [0, 0.1) is 6.92 Å². The Bertz CT molecular complexity index is 549. The highest BCUT2D eigenvalue weighted by molar-refractivity contribution is 7.92. The minimum atomic E-state index is -3.43. The molecule has 1 aliphatic heterocycles. The largest absolute Gasteiger partial charge is 0.392 e. The van der Waals surface area contributed by atoms with Crippen LogP contribution in [-0.2, 0) is 10.0 Å². The predicted molar refractivity (Wildman–Crippen MR) is 75.9 cm³/mol. The van der Waals surface area contributed by atoms with Crippen molar-refractivity contribution in [2.75, 3.05) is 13.1 Å². The lowest BCUT2D eigenvalue weighted by Crippen LogP contribution is -2.41. The van der Waals surface area contributed by atoms with E-state index in [9.17, 15) is 13.5 Å². The van der Waals surface area contributed by atoms with Crippen molar-refractivity contribution in [1.29, 1.82) is 0 Å². The molecule has 19 heavy (non-hydrogen) atoms. The summed E-state index contributed by atoms with van der Waals surface area (Å²) in [5, 5.41) is 10.7. The molecule has 1 heterocycles. The Morgan fingerprint density at radius 1 is 1.32 bits per heavy atom. The van der Waals surface area contributed by atoms with Crippen molar-refractivity contribution in [2.45, 2.75) is 25.9 Å². The number of aliphatic hydroxyl groups excluding tert-OH is 1. The van der Waals surface area contributed by atoms with Crippen LogP contribution in [0.4, 0.5) is 0 Å². The summed E-state index contributed by atoms with van der Waals surface area (Å²) in [5.41, 5.74) is 1.99. The van der Waals surface area contributed by atoms with Crippen LogP contribution in [0.3, 0.4) is 0 Å². The fraction of sp³-hybridized carbons (Fsp3) is 0.429. The summed E-state index contributed by atoms with van der Waals surface area (Å²) in [6.45, 7) is 2.66. The molecule has 1 N–H and O–H groups in total. The first-order valence-electron chi connectivity index (χ1n) is 6.40. The van der Waals surface area contributed by atoms with Crippen LogP contribution in [0.5, 0.6) is 0 Å². The van der Waals surface area contributed by atoms with Crippen molar-refractivity contribution in [3.8, 4) is 0 Å². The molecule has 1 aromatic rings. The number of aliphatic hydroxyl groups is 1. The Labute approximate surface area is 114 Å². The van der Waals surface area contributed by atoms with Crippen molar-refractivity contribution in [3.63, 3.8) is 0 Å². The van der Waals surface area contributed by atoms with Gasteiger partial charge in [0.2, 0.25) is 10.0 Å². The summed E-state index contributed by atoms with van der Waals surface area (Å²) < 4.78 is 25.5. The van der Waals surface area contributed by atoms with Crippen LogP contribution in [-0.4, -0.2) is 37.0 Å². The second-order valence-electron chi connectivity index (χ2n) is 4.91. The first-order valence-corrected chi connectivity index (χ1v) is 7.91. The van der Waals surface area contributed by atoms with Crippen molar-refractivity contribution in [3.05, 3.63) is 40.8 Å². The third-order valence-electron chi connectivity index (χ3n) is 3.23. The Kier molecular flexibility index (Phi) is 4.39. The molecule has 0 amide bonds. The minimum absolute atomic E-state index is 0.195. The average Bonchev–Trinajstić information content (AvgIpc) is 2.38. The van der Waals surface area contributed by atoms with E-state index < -0.39 is 16.1 Å². The fourth-order valence-electron chi connectivity index (χ4n) is 2.08. The van der Waals surface area contributed by atoms with Gasteiger partial charge in [0.1, 0.15) is 0 Å². The molecule has 0 aromatic heterocycles. The number of sulfonamides is 1. The van der Waals surface area contributed by atoms with E-state index in [1.807, 2.05) is 31.2 Å². The smallest absolute Gasteiger partial charge is 0.236 e. The summed E-state index contributed by atoms with van der Waals surface area (Å²) in [6, 6.07) is 7.65. The van der Waals surface area contributed by atoms with E-state index in [0.717, 1.165) is 11.1 Å². The molecule has 1 atom stereocenters. The van der Waals surface area contributed by atoms with E-state index in [2.05, 4.69) is 0 Å². The van der Waals surface area contributed by atoms with Crippen molar-refractivity contribution in [2.24, 2.45) is 0 Å². The van der Waals surface area contributed by atoms with E-state index in [1.54, 1.807) is 6.08 Å². The molecular formula is C14H19NO3S. The van der Waals surface area contributed by atoms with Gasteiger partial charge in [0.25, 0.3) is 0 Å². The highest BCUT2D eigenvalue weighted by Gasteiger charge is 2.25. The van der Waals surface area contributed by atoms with Crippen molar-refractivity contribution in [1.82, 2.24) is 4.31 Å². The van der Waals surface area contributed by atoms with Gasteiger partial charge in [-0.05, 0) is 31.4 Å². The molecule has 4 nitrogen and oxygen atoms in total. The van der Waals surface area contributed by atoms with E-state index >= 15 is 0 Å². The highest BCUT2D eigenvalue weighted by Crippen LogP contribution is 2.16. The predicted octanol–water partition coefficient (Wildman–Crippen LogP) is 1.75. The molecule has 0 aliphatic carbocycles. The second-order valence-corrected chi connectivity index (χ2v) is 6.73. The third kappa shape index (κ3) is 3.89. The van der Waals surface area contributed by atoms with Gasteiger partial charge in [0.15, 0.2) is 0 Å². The molecule has 1 unspecified atom stereocenters. The lowest BCUT2D eigenvalue weighted by Gasteiger charge is -2.27. The normalized spacial score (nSPS) is 21.9. The van der Waals surface area contributed by atoms with Gasteiger partial charge in [-0.3, -0.25) is 0 Å². The van der Waals surface area contributed by atoms with Crippen LogP contribution in [0.1, 0.15) is 24.0 Å². The lowest BCUT2D eigenvalue weighted by atomic mass is 10.1. The summed E-state index contributed by atoms with van der Waals surface area (Å²) in [5.74, 6) is 0. The minimum Gasteiger partial charge on any atom is -0.392 e. The second kappa shape index (κ2) is 5.86. The summed E-state index contributed by atoms with van der Waals surface area (Å²) in [4.78, 5) is 0. The van der Waals surface area contributed by atoms with E-state index in [0.29, 0.717) is 19.4 Å². The maximum absolute atomic E-state index is 12.1. The van der Waals surface area contributed by atoms with E-state index in [4.69, 9.17) is 0 Å². The standard InChI is InChI=1S/C14H19NO3S/c1-12-4-6-13(7-5-12)8-10-19(17,18)15-9-2-3-14(16)11-15/h4-8,10,14,16H,2-3,9,11H2,1H3/b10-8+. The lowest BCUT2D eigenvalue weighted by molar-refractivity contribution is 0.108. The Balaban J connectivity index is 2.10. The van der Waals surface area contributed by atoms with Crippen LogP contribution in [0.25, 0.3) is 6.08 Å². The molecule has 0 radical (unpaired) electrons. The zero-order valence-corrected chi connectivity index (χ0v) is 11.8. The van der Waals surface area contributed by atoms with Gasteiger partial charge in [0, 0.05) is 18.5 Å². The molecule has 2 rings (SSSR count). The average molecular weight is 281 g/mol.